The Labute approximate surface area is 109 Å². The van der Waals surface area contributed by atoms with Crippen molar-refractivity contribution in [3.63, 3.8) is 0 Å². The van der Waals surface area contributed by atoms with Crippen molar-refractivity contribution in [2.75, 3.05) is 0 Å². The van der Waals surface area contributed by atoms with Gasteiger partial charge in [-0.3, -0.25) is 4.79 Å². The monoisotopic (exact) mass is 265 g/mol. The van der Waals surface area contributed by atoms with Crippen LogP contribution in [0.2, 0.25) is 5.02 Å². The van der Waals surface area contributed by atoms with E-state index in [1.54, 1.807) is 31.2 Å². The smallest absolute Gasteiger partial charge is 0.319 e. The lowest BCUT2D eigenvalue weighted by molar-refractivity contribution is -0.115. The van der Waals surface area contributed by atoms with Crippen molar-refractivity contribution >= 4 is 23.5 Å². The van der Waals surface area contributed by atoms with Crippen LogP contribution in [0.5, 0.6) is 0 Å². The van der Waals surface area contributed by atoms with Gasteiger partial charge < -0.3 is 16.4 Å². The molecule has 0 fully saturated rings. The van der Waals surface area contributed by atoms with Gasteiger partial charge in [-0.1, -0.05) is 29.8 Å². The summed E-state index contributed by atoms with van der Waals surface area (Å²) in [4.78, 5) is 23.0. The van der Waals surface area contributed by atoms with Crippen LogP contribution in [0, 0.1) is 0 Å². The fourth-order valence-corrected chi connectivity index (χ4v) is 2.21. The minimum absolute atomic E-state index is 0.308. The normalized spacial score (nSPS) is 19.2. The number of carbonyl (C=O) groups is 2. The molecule has 1 aliphatic heterocycles. The summed E-state index contributed by atoms with van der Waals surface area (Å²) < 4.78 is 0. The molecule has 0 radical (unpaired) electrons. The van der Waals surface area contributed by atoms with Crippen LogP contribution in [0.4, 0.5) is 4.79 Å². The number of nitrogens with one attached hydrogen (secondary N) is 2. The van der Waals surface area contributed by atoms with E-state index in [0.29, 0.717) is 21.9 Å². The summed E-state index contributed by atoms with van der Waals surface area (Å²) in [7, 11) is 0. The number of carbonyl (C=O) groups excluding carboxylic acids is 2. The van der Waals surface area contributed by atoms with Gasteiger partial charge in [0.2, 0.25) is 5.91 Å². The molecule has 1 aromatic carbocycles. The van der Waals surface area contributed by atoms with Gasteiger partial charge in [0.25, 0.3) is 0 Å². The number of rotatable bonds is 2. The fraction of sp³-hybridized carbons (Fsp3) is 0.167. The van der Waals surface area contributed by atoms with Crippen molar-refractivity contribution in [2.24, 2.45) is 5.73 Å². The van der Waals surface area contributed by atoms with Crippen LogP contribution in [0.3, 0.4) is 0 Å². The predicted molar refractivity (Wildman–Crippen MR) is 67.8 cm³/mol. The van der Waals surface area contributed by atoms with E-state index in [-0.39, 0.29) is 6.03 Å². The van der Waals surface area contributed by atoms with Crippen LogP contribution >= 0.6 is 11.6 Å². The Hall–Kier alpha value is -2.01. The van der Waals surface area contributed by atoms with Gasteiger partial charge in [0.05, 0.1) is 11.6 Å². The molecule has 2 rings (SSSR count). The van der Waals surface area contributed by atoms with Gasteiger partial charge in [-0.15, -0.1) is 0 Å². The first-order valence-electron chi connectivity index (χ1n) is 5.33. The predicted octanol–water partition coefficient (Wildman–Crippen LogP) is 1.45. The van der Waals surface area contributed by atoms with Gasteiger partial charge in [0.15, 0.2) is 0 Å². The third-order valence-corrected chi connectivity index (χ3v) is 3.10. The SMILES string of the molecule is CC1=C(C(N)=O)[C@H](c2ccccc2Cl)NC(=O)N1. The second-order valence-electron chi connectivity index (χ2n) is 3.96. The van der Waals surface area contributed by atoms with Crippen LogP contribution < -0.4 is 16.4 Å². The van der Waals surface area contributed by atoms with Crippen LogP contribution in [-0.2, 0) is 4.79 Å². The maximum absolute atomic E-state index is 11.5. The molecule has 1 aliphatic rings. The molecular formula is C12H12ClN3O2. The van der Waals surface area contributed by atoms with E-state index in [1.807, 2.05) is 0 Å². The largest absolute Gasteiger partial charge is 0.366 e. The number of primary amides is 1. The van der Waals surface area contributed by atoms with Crippen molar-refractivity contribution < 1.29 is 9.59 Å². The first-order valence-corrected chi connectivity index (χ1v) is 5.71. The molecule has 3 amide bonds. The van der Waals surface area contributed by atoms with E-state index in [9.17, 15) is 9.59 Å². The summed E-state index contributed by atoms with van der Waals surface area (Å²) in [5.41, 5.74) is 6.74. The van der Waals surface area contributed by atoms with Gasteiger partial charge in [0, 0.05) is 10.7 Å². The van der Waals surface area contributed by atoms with Crippen molar-refractivity contribution in [3.8, 4) is 0 Å². The van der Waals surface area contributed by atoms with Crippen LogP contribution in [0.25, 0.3) is 0 Å². The lowest BCUT2D eigenvalue weighted by atomic mass is 9.95. The number of halogens is 1. The Bertz CT molecular complexity index is 554. The van der Waals surface area contributed by atoms with Gasteiger partial charge in [-0.2, -0.15) is 0 Å². The van der Waals surface area contributed by atoms with Crippen molar-refractivity contribution in [2.45, 2.75) is 13.0 Å². The molecule has 0 bridgehead atoms. The zero-order valence-electron chi connectivity index (χ0n) is 9.66. The minimum Gasteiger partial charge on any atom is -0.366 e. The molecule has 1 atom stereocenters. The topological polar surface area (TPSA) is 84.2 Å². The molecule has 6 heteroatoms. The number of benzene rings is 1. The van der Waals surface area contributed by atoms with E-state index in [2.05, 4.69) is 10.6 Å². The maximum atomic E-state index is 11.5. The summed E-state index contributed by atoms with van der Waals surface area (Å²) in [6.45, 7) is 1.63. The molecule has 18 heavy (non-hydrogen) atoms. The molecule has 0 aliphatic carbocycles. The molecule has 1 aromatic rings. The minimum atomic E-state index is -0.620. The molecule has 4 N–H and O–H groups in total. The Morgan fingerprint density at radius 1 is 1.39 bits per heavy atom. The molecule has 0 saturated carbocycles. The lowest BCUT2D eigenvalue weighted by Gasteiger charge is -2.28. The number of amides is 3. The van der Waals surface area contributed by atoms with Crippen molar-refractivity contribution in [1.82, 2.24) is 10.6 Å². The molecule has 1 heterocycles. The molecule has 0 saturated heterocycles. The van der Waals surface area contributed by atoms with Crippen LogP contribution in [0.15, 0.2) is 35.5 Å². The second kappa shape index (κ2) is 4.70. The van der Waals surface area contributed by atoms with Gasteiger partial charge in [-0.05, 0) is 18.6 Å². The quantitative estimate of drug-likeness (QED) is 0.756. The summed E-state index contributed by atoms with van der Waals surface area (Å²) in [6, 6.07) is 5.99. The highest BCUT2D eigenvalue weighted by molar-refractivity contribution is 6.31. The highest BCUT2D eigenvalue weighted by Crippen LogP contribution is 2.30. The third kappa shape index (κ3) is 2.17. The Morgan fingerprint density at radius 2 is 2.06 bits per heavy atom. The number of hydrogen-bond acceptors (Lipinski definition) is 2. The second-order valence-corrected chi connectivity index (χ2v) is 4.36. The third-order valence-electron chi connectivity index (χ3n) is 2.75. The highest BCUT2D eigenvalue weighted by Gasteiger charge is 2.30. The number of urea groups is 1. The molecular weight excluding hydrogens is 254 g/mol. The molecule has 0 aromatic heterocycles. The Balaban J connectivity index is 2.54. The highest BCUT2D eigenvalue weighted by atomic mass is 35.5. The van der Waals surface area contributed by atoms with E-state index in [4.69, 9.17) is 17.3 Å². The van der Waals surface area contributed by atoms with E-state index < -0.39 is 11.9 Å². The first-order chi connectivity index (χ1) is 8.50. The van der Waals surface area contributed by atoms with Crippen molar-refractivity contribution in [3.05, 3.63) is 46.1 Å². The molecule has 0 spiro atoms. The summed E-state index contributed by atoms with van der Waals surface area (Å²) in [5.74, 6) is -0.593. The zero-order valence-corrected chi connectivity index (χ0v) is 10.4. The number of allylic oxidation sites excluding steroid dienone is 1. The summed E-state index contributed by atoms with van der Waals surface area (Å²) >= 11 is 6.08. The van der Waals surface area contributed by atoms with E-state index >= 15 is 0 Å². The zero-order chi connectivity index (χ0) is 13.3. The Kier molecular flexibility index (Phi) is 3.25. The lowest BCUT2D eigenvalue weighted by Crippen LogP contribution is -2.46. The van der Waals surface area contributed by atoms with E-state index in [0.717, 1.165) is 0 Å². The summed E-state index contributed by atoms with van der Waals surface area (Å²) in [5, 5.41) is 5.63. The number of hydrogen-bond donors (Lipinski definition) is 3. The van der Waals surface area contributed by atoms with Crippen LogP contribution in [0.1, 0.15) is 18.5 Å². The fourth-order valence-electron chi connectivity index (χ4n) is 1.96. The van der Waals surface area contributed by atoms with E-state index in [1.165, 1.54) is 0 Å². The average Bonchev–Trinajstić information content (AvgIpc) is 2.27. The maximum Gasteiger partial charge on any atom is 0.319 e. The standard InChI is InChI=1S/C12H12ClN3O2/c1-6-9(11(14)17)10(16-12(18)15-6)7-4-2-3-5-8(7)13/h2-5,10H,1H3,(H2,14,17)(H2,15,16,18)/t10-/m0/s1. The number of nitrogens with two attached hydrogens (primary N) is 1. The van der Waals surface area contributed by atoms with Gasteiger partial charge in [0.1, 0.15) is 0 Å². The molecule has 0 unspecified atom stereocenters. The summed E-state index contributed by atoms with van der Waals surface area (Å²) in [6.07, 6.45) is 0. The average molecular weight is 266 g/mol. The molecule has 5 nitrogen and oxygen atoms in total. The Morgan fingerprint density at radius 3 is 2.67 bits per heavy atom. The van der Waals surface area contributed by atoms with Gasteiger partial charge in [-0.25, -0.2) is 4.79 Å². The van der Waals surface area contributed by atoms with Crippen LogP contribution in [-0.4, -0.2) is 11.9 Å². The van der Waals surface area contributed by atoms with Crippen molar-refractivity contribution in [1.29, 1.82) is 0 Å². The van der Waals surface area contributed by atoms with Gasteiger partial charge >= 0.3 is 6.03 Å². The first kappa shape index (κ1) is 12.4. The molecule has 94 valence electrons.